The quantitative estimate of drug-likeness (QED) is 0.765. The van der Waals surface area contributed by atoms with Crippen molar-refractivity contribution >= 4 is 10.9 Å². The number of hydrogen-bond donors (Lipinski definition) is 1. The van der Waals surface area contributed by atoms with Gasteiger partial charge in [-0.05, 0) is 34.6 Å². The van der Waals surface area contributed by atoms with Crippen LogP contribution in [0.15, 0.2) is 54.7 Å². The first kappa shape index (κ1) is 12.9. The van der Waals surface area contributed by atoms with Crippen LogP contribution < -0.4 is 5.73 Å². The van der Waals surface area contributed by atoms with Crippen LogP contribution >= 0.6 is 0 Å². The SMILES string of the molecule is CCc1cccc2ccn(Cc3ccc(CN)cc3)c12. The van der Waals surface area contributed by atoms with Crippen molar-refractivity contribution in [2.24, 2.45) is 5.73 Å². The molecule has 0 unspecified atom stereocenters. The smallest absolute Gasteiger partial charge is 0.0515 e. The summed E-state index contributed by atoms with van der Waals surface area (Å²) in [6.45, 7) is 3.72. The van der Waals surface area contributed by atoms with Crippen molar-refractivity contribution in [1.82, 2.24) is 4.57 Å². The zero-order valence-electron chi connectivity index (χ0n) is 11.8. The van der Waals surface area contributed by atoms with Gasteiger partial charge in [-0.2, -0.15) is 0 Å². The molecule has 0 aliphatic heterocycles. The molecule has 1 aromatic heterocycles. The van der Waals surface area contributed by atoms with E-state index >= 15 is 0 Å². The fourth-order valence-corrected chi connectivity index (χ4v) is 2.74. The lowest BCUT2D eigenvalue weighted by molar-refractivity contribution is 0.830. The van der Waals surface area contributed by atoms with E-state index in [-0.39, 0.29) is 0 Å². The van der Waals surface area contributed by atoms with Crippen LogP contribution in [0.5, 0.6) is 0 Å². The third-order valence-electron chi connectivity index (χ3n) is 3.86. The van der Waals surface area contributed by atoms with Gasteiger partial charge < -0.3 is 10.3 Å². The van der Waals surface area contributed by atoms with Crippen LogP contribution in [0.25, 0.3) is 10.9 Å². The summed E-state index contributed by atoms with van der Waals surface area (Å²) in [5.74, 6) is 0. The van der Waals surface area contributed by atoms with Gasteiger partial charge in [0.05, 0.1) is 5.52 Å². The molecule has 0 saturated carbocycles. The standard InChI is InChI=1S/C18H20N2/c1-2-16-4-3-5-17-10-11-20(18(16)17)13-15-8-6-14(12-19)7-9-15/h3-11H,2,12-13,19H2,1H3. The Balaban J connectivity index is 1.97. The zero-order valence-corrected chi connectivity index (χ0v) is 11.8. The molecule has 102 valence electrons. The molecule has 1 heterocycles. The molecule has 0 fully saturated rings. The van der Waals surface area contributed by atoms with Crippen molar-refractivity contribution in [3.63, 3.8) is 0 Å². The molecule has 0 atom stereocenters. The Bertz CT molecular complexity index is 708. The maximum Gasteiger partial charge on any atom is 0.0515 e. The summed E-state index contributed by atoms with van der Waals surface area (Å²) in [4.78, 5) is 0. The predicted molar refractivity (Wildman–Crippen MR) is 84.8 cm³/mol. The Kier molecular flexibility index (Phi) is 3.57. The molecule has 0 bridgehead atoms. The van der Waals surface area contributed by atoms with E-state index in [2.05, 4.69) is 66.2 Å². The average Bonchev–Trinajstić information content (AvgIpc) is 2.91. The first-order valence-electron chi connectivity index (χ1n) is 7.16. The Labute approximate surface area is 119 Å². The van der Waals surface area contributed by atoms with Gasteiger partial charge in [-0.15, -0.1) is 0 Å². The van der Waals surface area contributed by atoms with Gasteiger partial charge in [0.25, 0.3) is 0 Å². The lowest BCUT2D eigenvalue weighted by Crippen LogP contribution is -2.01. The molecule has 2 nitrogen and oxygen atoms in total. The number of benzene rings is 2. The topological polar surface area (TPSA) is 30.9 Å². The van der Waals surface area contributed by atoms with Crippen LogP contribution in [-0.2, 0) is 19.5 Å². The van der Waals surface area contributed by atoms with E-state index in [1.165, 1.54) is 27.6 Å². The molecule has 0 aliphatic carbocycles. The Morgan fingerprint density at radius 2 is 1.70 bits per heavy atom. The lowest BCUT2D eigenvalue weighted by atomic mass is 10.1. The maximum absolute atomic E-state index is 5.64. The highest BCUT2D eigenvalue weighted by atomic mass is 15.0. The molecule has 2 aromatic carbocycles. The van der Waals surface area contributed by atoms with E-state index in [9.17, 15) is 0 Å². The van der Waals surface area contributed by atoms with Crippen molar-refractivity contribution in [3.8, 4) is 0 Å². The van der Waals surface area contributed by atoms with Crippen molar-refractivity contribution in [2.45, 2.75) is 26.4 Å². The number of nitrogens with two attached hydrogens (primary N) is 1. The second-order valence-corrected chi connectivity index (χ2v) is 5.17. The monoisotopic (exact) mass is 264 g/mol. The minimum absolute atomic E-state index is 0.604. The van der Waals surface area contributed by atoms with Crippen molar-refractivity contribution < 1.29 is 0 Å². The number of nitrogens with zero attached hydrogens (tertiary/aromatic N) is 1. The molecule has 2 heteroatoms. The molecule has 0 spiro atoms. The second-order valence-electron chi connectivity index (χ2n) is 5.17. The van der Waals surface area contributed by atoms with E-state index in [1.807, 2.05) is 0 Å². The largest absolute Gasteiger partial charge is 0.343 e. The van der Waals surface area contributed by atoms with Crippen LogP contribution in [0, 0.1) is 0 Å². The number of hydrogen-bond acceptors (Lipinski definition) is 1. The van der Waals surface area contributed by atoms with Crippen molar-refractivity contribution in [1.29, 1.82) is 0 Å². The first-order chi connectivity index (χ1) is 9.81. The molecule has 3 aromatic rings. The number of fused-ring (bicyclic) bond motifs is 1. The van der Waals surface area contributed by atoms with Gasteiger partial charge in [0.15, 0.2) is 0 Å². The summed E-state index contributed by atoms with van der Waals surface area (Å²) in [6.07, 6.45) is 3.24. The summed E-state index contributed by atoms with van der Waals surface area (Å²) < 4.78 is 2.34. The zero-order chi connectivity index (χ0) is 13.9. The molecule has 0 aliphatic rings. The van der Waals surface area contributed by atoms with Gasteiger partial charge in [0.1, 0.15) is 0 Å². The summed E-state index contributed by atoms with van der Waals surface area (Å²) in [5, 5.41) is 1.32. The van der Waals surface area contributed by atoms with Gasteiger partial charge in [-0.25, -0.2) is 0 Å². The molecule has 2 N–H and O–H groups in total. The maximum atomic E-state index is 5.64. The van der Waals surface area contributed by atoms with Gasteiger partial charge in [0, 0.05) is 19.3 Å². The highest BCUT2D eigenvalue weighted by Crippen LogP contribution is 2.22. The Morgan fingerprint density at radius 3 is 2.40 bits per heavy atom. The molecule has 0 radical (unpaired) electrons. The van der Waals surface area contributed by atoms with Gasteiger partial charge in [-0.3, -0.25) is 0 Å². The summed E-state index contributed by atoms with van der Waals surface area (Å²) in [6, 6.07) is 17.3. The molecule has 0 saturated heterocycles. The molecular formula is C18H20N2. The van der Waals surface area contributed by atoms with E-state index in [4.69, 9.17) is 5.73 Å². The summed E-state index contributed by atoms with van der Waals surface area (Å²) >= 11 is 0. The van der Waals surface area contributed by atoms with Crippen molar-refractivity contribution in [2.75, 3.05) is 0 Å². The van der Waals surface area contributed by atoms with E-state index in [0.717, 1.165) is 13.0 Å². The minimum Gasteiger partial charge on any atom is -0.343 e. The first-order valence-corrected chi connectivity index (χ1v) is 7.16. The van der Waals surface area contributed by atoms with Gasteiger partial charge >= 0.3 is 0 Å². The average molecular weight is 264 g/mol. The molecule has 20 heavy (non-hydrogen) atoms. The number of aryl methyl sites for hydroxylation is 1. The molecular weight excluding hydrogens is 244 g/mol. The van der Waals surface area contributed by atoms with E-state index in [0.29, 0.717) is 6.54 Å². The fraction of sp³-hybridized carbons (Fsp3) is 0.222. The fourth-order valence-electron chi connectivity index (χ4n) is 2.74. The van der Waals surface area contributed by atoms with Crippen LogP contribution in [0.2, 0.25) is 0 Å². The Hall–Kier alpha value is -2.06. The van der Waals surface area contributed by atoms with Gasteiger partial charge in [0.2, 0.25) is 0 Å². The number of aromatic nitrogens is 1. The minimum atomic E-state index is 0.604. The highest BCUT2D eigenvalue weighted by molar-refractivity contribution is 5.83. The lowest BCUT2D eigenvalue weighted by Gasteiger charge is -2.09. The normalized spacial score (nSPS) is 11.1. The van der Waals surface area contributed by atoms with Crippen LogP contribution in [0.1, 0.15) is 23.6 Å². The highest BCUT2D eigenvalue weighted by Gasteiger charge is 2.05. The number of para-hydroxylation sites is 1. The van der Waals surface area contributed by atoms with E-state index in [1.54, 1.807) is 0 Å². The van der Waals surface area contributed by atoms with Crippen LogP contribution in [0.3, 0.4) is 0 Å². The molecule has 3 rings (SSSR count). The van der Waals surface area contributed by atoms with Crippen LogP contribution in [0.4, 0.5) is 0 Å². The van der Waals surface area contributed by atoms with Gasteiger partial charge in [-0.1, -0.05) is 49.4 Å². The third-order valence-corrected chi connectivity index (χ3v) is 3.86. The molecule has 0 amide bonds. The van der Waals surface area contributed by atoms with Crippen LogP contribution in [-0.4, -0.2) is 4.57 Å². The Morgan fingerprint density at radius 1 is 0.950 bits per heavy atom. The predicted octanol–water partition coefficient (Wildman–Crippen LogP) is 3.71. The summed E-state index contributed by atoms with van der Waals surface area (Å²) in [5.41, 5.74) is 10.9. The van der Waals surface area contributed by atoms with Crippen molar-refractivity contribution in [3.05, 3.63) is 71.4 Å². The van der Waals surface area contributed by atoms with E-state index < -0.39 is 0 Å². The second kappa shape index (κ2) is 5.51. The summed E-state index contributed by atoms with van der Waals surface area (Å²) in [7, 11) is 0. The third kappa shape index (κ3) is 2.35. The number of rotatable bonds is 4.